The van der Waals surface area contributed by atoms with Gasteiger partial charge in [0, 0.05) is 36.3 Å². The Morgan fingerprint density at radius 3 is 2.92 bits per heavy atom. The van der Waals surface area contributed by atoms with Gasteiger partial charge in [0.05, 0.1) is 0 Å². The molecule has 1 aliphatic heterocycles. The zero-order chi connectivity index (χ0) is 16.2. The van der Waals surface area contributed by atoms with Gasteiger partial charge in [-0.05, 0) is 31.0 Å². The molecule has 6 nitrogen and oxygen atoms in total. The molecule has 1 saturated heterocycles. The third-order valence-electron chi connectivity index (χ3n) is 3.70. The van der Waals surface area contributed by atoms with Gasteiger partial charge in [-0.1, -0.05) is 6.07 Å². The van der Waals surface area contributed by atoms with E-state index in [1.807, 2.05) is 18.2 Å². The monoisotopic (exact) mass is 366 g/mol. The number of aromatic nitrogens is 1. The number of carbonyl (C=O) groups excluding carboxylic acids is 2. The molecule has 0 aliphatic carbocycles. The van der Waals surface area contributed by atoms with Gasteiger partial charge in [-0.25, -0.2) is 4.98 Å². The second-order valence-electron chi connectivity index (χ2n) is 5.34. The Bertz CT molecular complexity index is 734. The molecule has 0 bridgehead atoms. The summed E-state index contributed by atoms with van der Waals surface area (Å²) in [5.74, 6) is -0.144. The van der Waals surface area contributed by atoms with E-state index >= 15 is 0 Å². The molecule has 3 N–H and O–H groups in total. The van der Waals surface area contributed by atoms with Crippen LogP contribution in [-0.4, -0.2) is 23.3 Å². The summed E-state index contributed by atoms with van der Waals surface area (Å²) >= 11 is 1.36. The lowest BCUT2D eigenvalue weighted by Crippen LogP contribution is -2.35. The van der Waals surface area contributed by atoms with Gasteiger partial charge < -0.3 is 16.0 Å². The second kappa shape index (κ2) is 8.23. The molecule has 1 aromatic carbocycles. The summed E-state index contributed by atoms with van der Waals surface area (Å²) < 4.78 is 0. The van der Waals surface area contributed by atoms with Crippen LogP contribution in [0, 0.1) is 0 Å². The maximum Gasteiger partial charge on any atom is 0.275 e. The SMILES string of the molecule is Cl.NCc1nc(C(=O)Nc2cccc(N3CCCCC3=O)c2)cs1. The normalized spacial score (nSPS) is 14.2. The van der Waals surface area contributed by atoms with Crippen molar-refractivity contribution in [3.63, 3.8) is 0 Å². The first kappa shape index (κ1) is 18.4. The standard InChI is InChI=1S/C16H18N4O2S.ClH/c17-9-14-19-13(10-23-14)16(22)18-11-4-3-5-12(8-11)20-7-2-1-6-15(20)21;/h3-5,8,10H,1-2,6-7,9,17H2,(H,18,22);1H. The van der Waals surface area contributed by atoms with E-state index in [1.54, 1.807) is 16.3 Å². The fourth-order valence-corrected chi connectivity index (χ4v) is 3.19. The summed E-state index contributed by atoms with van der Waals surface area (Å²) in [6, 6.07) is 7.33. The number of thiazole rings is 1. The van der Waals surface area contributed by atoms with Crippen molar-refractivity contribution in [1.29, 1.82) is 0 Å². The molecule has 0 saturated carbocycles. The van der Waals surface area contributed by atoms with Crippen LogP contribution in [0.15, 0.2) is 29.6 Å². The molecule has 24 heavy (non-hydrogen) atoms. The Kier molecular flexibility index (Phi) is 6.30. The Hall–Kier alpha value is -1.96. The van der Waals surface area contributed by atoms with Crippen LogP contribution in [0.4, 0.5) is 11.4 Å². The molecule has 0 unspecified atom stereocenters. The van der Waals surface area contributed by atoms with Crippen LogP contribution in [0.3, 0.4) is 0 Å². The van der Waals surface area contributed by atoms with E-state index in [4.69, 9.17) is 5.73 Å². The van der Waals surface area contributed by atoms with Gasteiger partial charge >= 0.3 is 0 Å². The molecule has 0 radical (unpaired) electrons. The highest BCUT2D eigenvalue weighted by Gasteiger charge is 2.20. The van der Waals surface area contributed by atoms with Crippen LogP contribution in [-0.2, 0) is 11.3 Å². The number of nitrogens with zero attached hydrogens (tertiary/aromatic N) is 2. The average Bonchev–Trinajstić information content (AvgIpc) is 3.05. The van der Waals surface area contributed by atoms with Crippen molar-refractivity contribution in [1.82, 2.24) is 4.98 Å². The lowest BCUT2D eigenvalue weighted by Gasteiger charge is -2.27. The number of halogens is 1. The third-order valence-corrected chi connectivity index (χ3v) is 4.57. The lowest BCUT2D eigenvalue weighted by molar-refractivity contribution is -0.119. The zero-order valence-electron chi connectivity index (χ0n) is 13.0. The summed E-state index contributed by atoms with van der Waals surface area (Å²) in [5.41, 5.74) is 7.33. The number of rotatable bonds is 4. The van der Waals surface area contributed by atoms with Gasteiger partial charge in [-0.15, -0.1) is 23.7 Å². The van der Waals surface area contributed by atoms with Gasteiger partial charge in [0.25, 0.3) is 5.91 Å². The van der Waals surface area contributed by atoms with E-state index < -0.39 is 0 Å². The summed E-state index contributed by atoms with van der Waals surface area (Å²) in [6.45, 7) is 1.05. The molecule has 1 fully saturated rings. The number of piperidine rings is 1. The lowest BCUT2D eigenvalue weighted by atomic mass is 10.1. The zero-order valence-corrected chi connectivity index (χ0v) is 14.7. The van der Waals surface area contributed by atoms with Crippen molar-refractivity contribution >= 4 is 46.9 Å². The molecule has 128 valence electrons. The molecule has 0 spiro atoms. The quantitative estimate of drug-likeness (QED) is 0.870. The van der Waals surface area contributed by atoms with Crippen LogP contribution in [0.1, 0.15) is 34.8 Å². The Morgan fingerprint density at radius 1 is 1.38 bits per heavy atom. The number of benzene rings is 1. The van der Waals surface area contributed by atoms with E-state index in [1.165, 1.54) is 11.3 Å². The largest absolute Gasteiger partial charge is 0.325 e. The first-order chi connectivity index (χ1) is 11.2. The number of hydrogen-bond acceptors (Lipinski definition) is 5. The van der Waals surface area contributed by atoms with Gasteiger partial charge in [-0.3, -0.25) is 9.59 Å². The molecule has 1 aliphatic rings. The number of anilines is 2. The number of nitrogens with one attached hydrogen (secondary N) is 1. The molecular weight excluding hydrogens is 348 g/mol. The second-order valence-corrected chi connectivity index (χ2v) is 6.28. The average molecular weight is 367 g/mol. The molecule has 8 heteroatoms. The van der Waals surface area contributed by atoms with Crippen molar-refractivity contribution < 1.29 is 9.59 Å². The van der Waals surface area contributed by atoms with Crippen LogP contribution in [0.2, 0.25) is 0 Å². The van der Waals surface area contributed by atoms with Gasteiger partial charge in [0.1, 0.15) is 10.7 Å². The topological polar surface area (TPSA) is 88.3 Å². The Balaban J connectivity index is 0.00000208. The Morgan fingerprint density at radius 2 is 2.21 bits per heavy atom. The van der Waals surface area contributed by atoms with Crippen LogP contribution in [0.25, 0.3) is 0 Å². The first-order valence-corrected chi connectivity index (χ1v) is 8.41. The van der Waals surface area contributed by atoms with E-state index in [0.29, 0.717) is 24.3 Å². The molecule has 1 aromatic heterocycles. The maximum atomic E-state index is 12.2. The third kappa shape index (κ3) is 4.11. The Labute approximate surface area is 150 Å². The highest BCUT2D eigenvalue weighted by molar-refractivity contribution is 7.09. The van der Waals surface area contributed by atoms with Crippen LogP contribution in [0.5, 0.6) is 0 Å². The first-order valence-electron chi connectivity index (χ1n) is 7.53. The predicted molar refractivity (Wildman–Crippen MR) is 97.9 cm³/mol. The van der Waals surface area contributed by atoms with Crippen molar-refractivity contribution in [3.8, 4) is 0 Å². The minimum atomic E-state index is -0.275. The fraction of sp³-hybridized carbons (Fsp3) is 0.312. The smallest absolute Gasteiger partial charge is 0.275 e. The van der Waals surface area contributed by atoms with Gasteiger partial charge in [0.15, 0.2) is 0 Å². The number of amides is 2. The van der Waals surface area contributed by atoms with Crippen molar-refractivity contribution in [3.05, 3.63) is 40.3 Å². The highest BCUT2D eigenvalue weighted by atomic mass is 35.5. The molecule has 2 aromatic rings. The fourth-order valence-electron chi connectivity index (χ4n) is 2.53. The van der Waals surface area contributed by atoms with Gasteiger partial charge in [0.2, 0.25) is 5.91 Å². The molecule has 2 heterocycles. The molecule has 0 atom stereocenters. The summed E-state index contributed by atoms with van der Waals surface area (Å²) in [7, 11) is 0. The van der Waals surface area contributed by atoms with E-state index in [0.717, 1.165) is 30.1 Å². The van der Waals surface area contributed by atoms with E-state index in [9.17, 15) is 9.59 Å². The summed E-state index contributed by atoms with van der Waals surface area (Å²) in [6.07, 6.45) is 2.53. The number of nitrogens with two attached hydrogens (primary N) is 1. The predicted octanol–water partition coefficient (Wildman–Crippen LogP) is 2.79. The van der Waals surface area contributed by atoms with Gasteiger partial charge in [-0.2, -0.15) is 0 Å². The van der Waals surface area contributed by atoms with Crippen molar-refractivity contribution in [2.24, 2.45) is 5.73 Å². The highest BCUT2D eigenvalue weighted by Crippen LogP contribution is 2.24. The van der Waals surface area contributed by atoms with E-state index in [-0.39, 0.29) is 24.2 Å². The van der Waals surface area contributed by atoms with Crippen molar-refractivity contribution in [2.75, 3.05) is 16.8 Å². The minimum absolute atomic E-state index is 0. The van der Waals surface area contributed by atoms with Crippen LogP contribution < -0.4 is 16.0 Å². The minimum Gasteiger partial charge on any atom is -0.325 e. The summed E-state index contributed by atoms with van der Waals surface area (Å²) in [4.78, 5) is 30.1. The molecule has 2 amide bonds. The maximum absolute atomic E-state index is 12.2. The molecule has 3 rings (SSSR count). The van der Waals surface area contributed by atoms with Crippen molar-refractivity contribution in [2.45, 2.75) is 25.8 Å². The number of carbonyl (C=O) groups is 2. The van der Waals surface area contributed by atoms with Crippen LogP contribution >= 0.6 is 23.7 Å². The van der Waals surface area contributed by atoms with E-state index in [2.05, 4.69) is 10.3 Å². The summed E-state index contributed by atoms with van der Waals surface area (Å²) in [5, 5.41) is 5.23. The number of hydrogen-bond donors (Lipinski definition) is 2. The molecular formula is C16H19ClN4O2S.